The van der Waals surface area contributed by atoms with Crippen molar-refractivity contribution in [2.24, 2.45) is 0 Å². The van der Waals surface area contributed by atoms with Crippen LogP contribution in [0.25, 0.3) is 17.0 Å². The molecule has 1 amide bonds. The second-order valence-corrected chi connectivity index (χ2v) is 5.65. The lowest BCUT2D eigenvalue weighted by atomic mass is 10.1. The number of benzene rings is 2. The molecule has 0 radical (unpaired) electrons. The first kappa shape index (κ1) is 16.1. The minimum atomic E-state index is 0.0289. The fourth-order valence-electron chi connectivity index (χ4n) is 2.70. The molecule has 0 aliphatic carbocycles. The van der Waals surface area contributed by atoms with E-state index in [0.717, 1.165) is 28.7 Å². The van der Waals surface area contributed by atoms with Gasteiger partial charge in [-0.25, -0.2) is 0 Å². The van der Waals surface area contributed by atoms with Gasteiger partial charge in [-0.1, -0.05) is 67.6 Å². The zero-order valence-electron chi connectivity index (χ0n) is 13.8. The summed E-state index contributed by atoms with van der Waals surface area (Å²) in [5.74, 6) is 0.858. The van der Waals surface area contributed by atoms with E-state index in [4.69, 9.17) is 4.42 Å². The van der Waals surface area contributed by atoms with Crippen molar-refractivity contribution in [2.75, 3.05) is 0 Å². The van der Waals surface area contributed by atoms with Crippen LogP contribution in [0.5, 0.6) is 0 Å². The highest BCUT2D eigenvalue weighted by atomic mass is 16.3. The summed E-state index contributed by atoms with van der Waals surface area (Å²) in [4.78, 5) is 11.5. The smallest absolute Gasteiger partial charge is 0.220 e. The van der Waals surface area contributed by atoms with E-state index in [1.807, 2.05) is 43.3 Å². The first-order chi connectivity index (χ1) is 11.8. The summed E-state index contributed by atoms with van der Waals surface area (Å²) in [6, 6.07) is 18.2. The predicted molar refractivity (Wildman–Crippen MR) is 97.5 cm³/mol. The van der Waals surface area contributed by atoms with Gasteiger partial charge in [-0.2, -0.15) is 0 Å². The van der Waals surface area contributed by atoms with Gasteiger partial charge in [0.2, 0.25) is 5.91 Å². The Bertz CT molecular complexity index is 847. The lowest BCUT2D eigenvalue weighted by Crippen LogP contribution is -2.21. The molecule has 1 N–H and O–H groups in total. The van der Waals surface area contributed by atoms with Gasteiger partial charge >= 0.3 is 0 Å². The Morgan fingerprint density at radius 3 is 2.62 bits per heavy atom. The van der Waals surface area contributed by atoms with E-state index in [-0.39, 0.29) is 5.91 Å². The van der Waals surface area contributed by atoms with Crippen LogP contribution in [0, 0.1) is 0 Å². The number of hydrogen-bond acceptors (Lipinski definition) is 2. The molecule has 0 saturated heterocycles. The quantitative estimate of drug-likeness (QED) is 0.714. The van der Waals surface area contributed by atoms with Crippen LogP contribution in [0.4, 0.5) is 0 Å². The third kappa shape index (κ3) is 3.74. The zero-order valence-corrected chi connectivity index (χ0v) is 13.8. The van der Waals surface area contributed by atoms with E-state index in [2.05, 4.69) is 35.7 Å². The van der Waals surface area contributed by atoms with Crippen molar-refractivity contribution >= 4 is 23.0 Å². The molecule has 2 aromatic carbocycles. The van der Waals surface area contributed by atoms with E-state index in [0.29, 0.717) is 13.0 Å². The Kier molecular flexibility index (Phi) is 5.12. The number of amides is 1. The monoisotopic (exact) mass is 319 g/mol. The van der Waals surface area contributed by atoms with E-state index < -0.39 is 0 Å². The summed E-state index contributed by atoms with van der Waals surface area (Å²) < 4.78 is 5.95. The molecular weight excluding hydrogens is 298 g/mol. The Balaban J connectivity index is 1.84. The van der Waals surface area contributed by atoms with Gasteiger partial charge in [0.25, 0.3) is 0 Å². The first-order valence-corrected chi connectivity index (χ1v) is 8.25. The molecule has 0 saturated carbocycles. The van der Waals surface area contributed by atoms with Gasteiger partial charge in [-0.15, -0.1) is 0 Å². The lowest BCUT2D eigenvalue weighted by molar-refractivity contribution is -0.121. The second-order valence-electron chi connectivity index (χ2n) is 5.65. The summed E-state index contributed by atoms with van der Waals surface area (Å²) in [7, 11) is 0. The molecule has 0 aliphatic rings. The summed E-state index contributed by atoms with van der Waals surface area (Å²) >= 11 is 0. The van der Waals surface area contributed by atoms with Crippen molar-refractivity contribution in [3.05, 3.63) is 77.6 Å². The third-order valence-corrected chi connectivity index (χ3v) is 3.98. The van der Waals surface area contributed by atoms with Crippen molar-refractivity contribution < 1.29 is 9.21 Å². The highest BCUT2D eigenvalue weighted by molar-refractivity contribution is 5.83. The largest absolute Gasteiger partial charge is 0.459 e. The molecule has 3 nitrogen and oxygen atoms in total. The summed E-state index contributed by atoms with van der Waals surface area (Å²) in [6.07, 6.45) is 5.49. The molecule has 0 fully saturated rings. The van der Waals surface area contributed by atoms with Crippen LogP contribution in [-0.4, -0.2) is 5.91 Å². The summed E-state index contributed by atoms with van der Waals surface area (Å²) in [6.45, 7) is 2.27. The Morgan fingerprint density at radius 2 is 1.83 bits per heavy atom. The number of fused-ring (bicyclic) bond motifs is 1. The molecule has 0 bridgehead atoms. The number of allylic oxidation sites excluding steroid dienone is 1. The number of furan rings is 1. The average Bonchev–Trinajstić information content (AvgIpc) is 2.98. The van der Waals surface area contributed by atoms with E-state index in [1.165, 1.54) is 5.56 Å². The molecule has 1 aromatic heterocycles. The van der Waals surface area contributed by atoms with Crippen molar-refractivity contribution in [1.29, 1.82) is 0 Å². The van der Waals surface area contributed by atoms with E-state index in [1.54, 1.807) is 0 Å². The van der Waals surface area contributed by atoms with Gasteiger partial charge in [0.05, 0.1) is 6.54 Å². The lowest BCUT2D eigenvalue weighted by Gasteiger charge is -2.03. The van der Waals surface area contributed by atoms with Gasteiger partial charge in [0.1, 0.15) is 11.3 Å². The number of nitrogens with one attached hydrogen (secondary N) is 1. The van der Waals surface area contributed by atoms with Crippen molar-refractivity contribution in [2.45, 2.75) is 26.3 Å². The summed E-state index contributed by atoms with van der Waals surface area (Å²) in [5.41, 5.74) is 3.17. The molecule has 122 valence electrons. The molecule has 1 heterocycles. The number of carbonyl (C=O) groups excluding carboxylic acids is 1. The zero-order chi connectivity index (χ0) is 16.8. The van der Waals surface area contributed by atoms with Gasteiger partial charge in [-0.3, -0.25) is 4.79 Å². The van der Waals surface area contributed by atoms with Crippen LogP contribution in [-0.2, 0) is 17.8 Å². The maximum absolute atomic E-state index is 11.5. The first-order valence-electron chi connectivity index (χ1n) is 8.25. The Labute approximate surface area is 142 Å². The van der Waals surface area contributed by atoms with Gasteiger partial charge < -0.3 is 9.73 Å². The van der Waals surface area contributed by atoms with Crippen LogP contribution in [0.3, 0.4) is 0 Å². The molecular formula is C21H21NO2. The number of carbonyl (C=O) groups is 1. The van der Waals surface area contributed by atoms with Crippen LogP contribution < -0.4 is 5.32 Å². The molecule has 0 atom stereocenters. The highest BCUT2D eigenvalue weighted by Crippen LogP contribution is 2.26. The third-order valence-electron chi connectivity index (χ3n) is 3.98. The van der Waals surface area contributed by atoms with Crippen LogP contribution in [0.15, 0.2) is 65.1 Å². The van der Waals surface area contributed by atoms with Crippen molar-refractivity contribution in [3.63, 3.8) is 0 Å². The molecule has 3 aromatic rings. The van der Waals surface area contributed by atoms with Gasteiger partial charge in [0.15, 0.2) is 0 Å². The predicted octanol–water partition coefficient (Wildman–Crippen LogP) is 4.71. The molecule has 3 rings (SSSR count). The molecule has 0 aliphatic heterocycles. The fourth-order valence-corrected chi connectivity index (χ4v) is 2.70. The molecule has 24 heavy (non-hydrogen) atoms. The minimum Gasteiger partial charge on any atom is -0.459 e. The van der Waals surface area contributed by atoms with Crippen LogP contribution in [0.2, 0.25) is 0 Å². The van der Waals surface area contributed by atoms with Crippen molar-refractivity contribution in [3.8, 4) is 0 Å². The maximum atomic E-state index is 11.5. The topological polar surface area (TPSA) is 42.2 Å². The van der Waals surface area contributed by atoms with Gasteiger partial charge in [0, 0.05) is 17.4 Å². The standard InChI is InChI=1S/C21H21NO2/c1-2-21(23)22-15-20-18(17-12-6-7-14-19(17)24-20)13-8-11-16-9-4-3-5-10-16/h3-12,14H,2,13,15H2,1H3,(H,22,23)/b11-8+. The molecule has 0 unspecified atom stereocenters. The number of hydrogen-bond donors (Lipinski definition) is 1. The second kappa shape index (κ2) is 7.64. The SMILES string of the molecule is CCC(=O)NCc1oc2ccccc2c1C/C=C/c1ccccc1. The van der Waals surface area contributed by atoms with Gasteiger partial charge in [-0.05, 0) is 18.1 Å². The molecule has 0 spiro atoms. The maximum Gasteiger partial charge on any atom is 0.220 e. The van der Waals surface area contributed by atoms with Crippen LogP contribution >= 0.6 is 0 Å². The average molecular weight is 319 g/mol. The number of rotatable bonds is 6. The van der Waals surface area contributed by atoms with E-state index >= 15 is 0 Å². The fraction of sp³-hybridized carbons (Fsp3) is 0.190. The van der Waals surface area contributed by atoms with Crippen molar-refractivity contribution in [1.82, 2.24) is 5.32 Å². The normalized spacial score (nSPS) is 11.2. The van der Waals surface area contributed by atoms with E-state index in [9.17, 15) is 4.79 Å². The molecule has 3 heteroatoms. The highest BCUT2D eigenvalue weighted by Gasteiger charge is 2.13. The minimum absolute atomic E-state index is 0.0289. The Morgan fingerprint density at radius 1 is 1.08 bits per heavy atom. The summed E-state index contributed by atoms with van der Waals surface area (Å²) in [5, 5.41) is 4.01. The Hall–Kier alpha value is -2.81. The van der Waals surface area contributed by atoms with Crippen LogP contribution in [0.1, 0.15) is 30.2 Å². The number of para-hydroxylation sites is 1.